The summed E-state index contributed by atoms with van der Waals surface area (Å²) < 4.78 is 0. The van der Waals surface area contributed by atoms with Crippen molar-refractivity contribution in [2.24, 2.45) is 5.92 Å². The quantitative estimate of drug-likeness (QED) is 0.660. The van der Waals surface area contributed by atoms with Crippen LogP contribution in [-0.4, -0.2) is 17.1 Å². The molecule has 1 amide bonds. The number of amides is 1. The third-order valence-corrected chi connectivity index (χ3v) is 4.32. The molecule has 0 aliphatic heterocycles. The first-order valence-electron chi connectivity index (χ1n) is 7.42. The van der Waals surface area contributed by atoms with Gasteiger partial charge in [0.2, 0.25) is 0 Å². The van der Waals surface area contributed by atoms with E-state index in [9.17, 15) is 15.2 Å². The summed E-state index contributed by atoms with van der Waals surface area (Å²) in [6.07, 6.45) is 5.67. The maximum atomic E-state index is 12.3. The Kier molecular flexibility index (Phi) is 5.46. The first kappa shape index (κ1) is 16.4. The highest BCUT2D eigenvalue weighted by Gasteiger charge is 2.24. The van der Waals surface area contributed by atoms with Crippen LogP contribution in [0.25, 0.3) is 6.08 Å². The summed E-state index contributed by atoms with van der Waals surface area (Å²) in [4.78, 5) is 12.3. The SMILES string of the molecule is C[C@H]1CCCC[C@H]1NC(=O)/C(C#N)=C/c1cc(Cl)ccc1O. The smallest absolute Gasteiger partial charge is 0.262 e. The lowest BCUT2D eigenvalue weighted by Crippen LogP contribution is -2.41. The first-order chi connectivity index (χ1) is 10.5. The standard InChI is InChI=1S/C17H19ClN2O2/c1-11-4-2-3-5-15(11)20-17(22)13(10-19)8-12-9-14(18)6-7-16(12)21/h6-9,11,15,21H,2-5H2,1H3,(H,20,22)/b13-8+/t11-,15+/m0/s1. The molecular weight excluding hydrogens is 300 g/mol. The van der Waals surface area contributed by atoms with Gasteiger partial charge in [0.05, 0.1) is 0 Å². The van der Waals surface area contributed by atoms with Gasteiger partial charge in [0.1, 0.15) is 17.4 Å². The maximum absolute atomic E-state index is 12.3. The lowest BCUT2D eigenvalue weighted by molar-refractivity contribution is -0.118. The van der Waals surface area contributed by atoms with Crippen molar-refractivity contribution in [3.05, 3.63) is 34.4 Å². The van der Waals surface area contributed by atoms with Crippen molar-refractivity contribution in [3.63, 3.8) is 0 Å². The topological polar surface area (TPSA) is 73.1 Å². The molecule has 2 rings (SSSR count). The number of hydrogen-bond donors (Lipinski definition) is 2. The van der Waals surface area contributed by atoms with Gasteiger partial charge in [-0.15, -0.1) is 0 Å². The number of hydrogen-bond acceptors (Lipinski definition) is 3. The van der Waals surface area contributed by atoms with Crippen LogP contribution in [0, 0.1) is 17.2 Å². The summed E-state index contributed by atoms with van der Waals surface area (Å²) in [5.41, 5.74) is 0.325. The van der Waals surface area contributed by atoms with Crippen LogP contribution in [0.1, 0.15) is 38.2 Å². The Morgan fingerprint density at radius 2 is 2.18 bits per heavy atom. The minimum Gasteiger partial charge on any atom is -0.507 e. The van der Waals surface area contributed by atoms with E-state index in [4.69, 9.17) is 11.6 Å². The zero-order chi connectivity index (χ0) is 16.1. The van der Waals surface area contributed by atoms with E-state index in [-0.39, 0.29) is 17.4 Å². The molecule has 0 aromatic heterocycles. The van der Waals surface area contributed by atoms with E-state index in [0.29, 0.717) is 16.5 Å². The van der Waals surface area contributed by atoms with E-state index in [0.717, 1.165) is 19.3 Å². The molecule has 116 valence electrons. The van der Waals surface area contributed by atoms with Crippen LogP contribution in [0.3, 0.4) is 0 Å². The van der Waals surface area contributed by atoms with E-state index < -0.39 is 5.91 Å². The number of phenolic OH excluding ortho intramolecular Hbond substituents is 1. The van der Waals surface area contributed by atoms with Crippen LogP contribution < -0.4 is 5.32 Å². The van der Waals surface area contributed by atoms with Crippen LogP contribution in [0.15, 0.2) is 23.8 Å². The highest BCUT2D eigenvalue weighted by molar-refractivity contribution is 6.30. The van der Waals surface area contributed by atoms with Gasteiger partial charge in [-0.25, -0.2) is 0 Å². The summed E-state index contributed by atoms with van der Waals surface area (Å²) in [5, 5.41) is 22.4. The number of nitrogens with zero attached hydrogens (tertiary/aromatic N) is 1. The summed E-state index contributed by atoms with van der Waals surface area (Å²) in [6.45, 7) is 2.11. The van der Waals surface area contributed by atoms with Crippen LogP contribution in [0.4, 0.5) is 0 Å². The summed E-state index contributed by atoms with van der Waals surface area (Å²) in [5.74, 6) is -0.00572. The first-order valence-corrected chi connectivity index (χ1v) is 7.80. The molecule has 1 aromatic rings. The van der Waals surface area contributed by atoms with Gasteiger partial charge in [-0.3, -0.25) is 4.79 Å². The molecule has 2 N–H and O–H groups in total. The monoisotopic (exact) mass is 318 g/mol. The number of halogens is 1. The van der Waals surface area contributed by atoms with Crippen molar-refractivity contribution < 1.29 is 9.90 Å². The van der Waals surface area contributed by atoms with Crippen molar-refractivity contribution in [1.29, 1.82) is 5.26 Å². The average molecular weight is 319 g/mol. The lowest BCUT2D eigenvalue weighted by Gasteiger charge is -2.29. The number of carbonyl (C=O) groups excluding carboxylic acids is 1. The molecule has 0 spiro atoms. The Hall–Kier alpha value is -1.99. The average Bonchev–Trinajstić information content (AvgIpc) is 2.50. The van der Waals surface area contributed by atoms with Crippen molar-refractivity contribution >= 4 is 23.6 Å². The summed E-state index contributed by atoms with van der Waals surface area (Å²) >= 11 is 5.87. The molecule has 5 heteroatoms. The summed E-state index contributed by atoms with van der Waals surface area (Å²) in [7, 11) is 0. The zero-order valence-corrected chi connectivity index (χ0v) is 13.2. The van der Waals surface area contributed by atoms with Gasteiger partial charge in [0.25, 0.3) is 5.91 Å². The zero-order valence-electron chi connectivity index (χ0n) is 12.5. The molecule has 2 atom stereocenters. The molecule has 1 aliphatic rings. The minimum atomic E-state index is -0.402. The number of carbonyl (C=O) groups is 1. The third-order valence-electron chi connectivity index (χ3n) is 4.08. The second kappa shape index (κ2) is 7.33. The molecule has 0 radical (unpaired) electrons. The van der Waals surface area contributed by atoms with Gasteiger partial charge in [0.15, 0.2) is 0 Å². The largest absolute Gasteiger partial charge is 0.507 e. The Bertz CT molecular complexity index is 634. The predicted molar refractivity (Wildman–Crippen MR) is 86.3 cm³/mol. The van der Waals surface area contributed by atoms with Gasteiger partial charge in [-0.2, -0.15) is 5.26 Å². The normalized spacial score (nSPS) is 22.0. The van der Waals surface area contributed by atoms with Gasteiger partial charge in [0, 0.05) is 16.6 Å². The van der Waals surface area contributed by atoms with Gasteiger partial charge in [-0.1, -0.05) is 31.4 Å². The number of aromatic hydroxyl groups is 1. The molecule has 22 heavy (non-hydrogen) atoms. The number of benzene rings is 1. The van der Waals surface area contributed by atoms with Crippen molar-refractivity contribution in [2.45, 2.75) is 38.6 Å². The maximum Gasteiger partial charge on any atom is 0.262 e. The van der Waals surface area contributed by atoms with Crippen LogP contribution in [0.2, 0.25) is 5.02 Å². The van der Waals surface area contributed by atoms with Crippen LogP contribution in [-0.2, 0) is 4.79 Å². The molecule has 0 saturated heterocycles. The van der Waals surface area contributed by atoms with Crippen LogP contribution >= 0.6 is 11.6 Å². The highest BCUT2D eigenvalue weighted by atomic mass is 35.5. The Balaban J connectivity index is 2.16. The van der Waals surface area contributed by atoms with Crippen molar-refractivity contribution in [1.82, 2.24) is 5.32 Å². The van der Waals surface area contributed by atoms with E-state index in [2.05, 4.69) is 12.2 Å². The number of phenols is 1. The summed E-state index contributed by atoms with van der Waals surface area (Å²) in [6, 6.07) is 6.50. The molecule has 1 aromatic carbocycles. The third kappa shape index (κ3) is 4.02. The fourth-order valence-corrected chi connectivity index (χ4v) is 2.90. The van der Waals surface area contributed by atoms with Crippen molar-refractivity contribution in [2.75, 3.05) is 0 Å². The van der Waals surface area contributed by atoms with E-state index in [1.165, 1.54) is 24.6 Å². The molecule has 4 nitrogen and oxygen atoms in total. The van der Waals surface area contributed by atoms with Gasteiger partial charge >= 0.3 is 0 Å². The molecular formula is C17H19ClN2O2. The molecule has 1 saturated carbocycles. The molecule has 1 aliphatic carbocycles. The second-order valence-electron chi connectivity index (χ2n) is 5.71. The highest BCUT2D eigenvalue weighted by Crippen LogP contribution is 2.25. The van der Waals surface area contributed by atoms with Crippen LogP contribution in [0.5, 0.6) is 5.75 Å². The van der Waals surface area contributed by atoms with Gasteiger partial charge < -0.3 is 10.4 Å². The predicted octanol–water partition coefficient (Wildman–Crippen LogP) is 3.65. The fraction of sp³-hybridized carbons (Fsp3) is 0.412. The minimum absolute atomic E-state index is 0.0176. The molecule has 0 heterocycles. The fourth-order valence-electron chi connectivity index (χ4n) is 2.72. The molecule has 0 unspecified atom stereocenters. The van der Waals surface area contributed by atoms with Gasteiger partial charge in [-0.05, 0) is 43.0 Å². The molecule has 0 bridgehead atoms. The van der Waals surface area contributed by atoms with E-state index >= 15 is 0 Å². The van der Waals surface area contributed by atoms with E-state index in [1.54, 1.807) is 6.07 Å². The van der Waals surface area contributed by atoms with Crippen molar-refractivity contribution in [3.8, 4) is 11.8 Å². The number of nitrogens with one attached hydrogen (secondary N) is 1. The number of nitriles is 1. The number of rotatable bonds is 3. The lowest BCUT2D eigenvalue weighted by atomic mass is 9.86. The Morgan fingerprint density at radius 1 is 1.45 bits per heavy atom. The van der Waals surface area contributed by atoms with E-state index in [1.807, 2.05) is 6.07 Å². The Morgan fingerprint density at radius 3 is 2.86 bits per heavy atom. The molecule has 1 fully saturated rings. The Labute approximate surface area is 135 Å². The second-order valence-corrected chi connectivity index (χ2v) is 6.15.